The molecule has 98 valence electrons. The molecule has 0 radical (unpaired) electrons. The molecule has 2 N–H and O–H groups in total. The highest BCUT2D eigenvalue weighted by atomic mass is 16.3. The summed E-state index contributed by atoms with van der Waals surface area (Å²) in [5.41, 5.74) is 0.0494. The van der Waals surface area contributed by atoms with Crippen LogP contribution in [0.15, 0.2) is 0 Å². The predicted octanol–water partition coefficient (Wildman–Crippen LogP) is 0.767. The molecule has 4 heteroatoms. The van der Waals surface area contributed by atoms with Gasteiger partial charge < -0.3 is 15.1 Å². The quantitative estimate of drug-likeness (QED) is 0.713. The van der Waals surface area contributed by atoms with Crippen LogP contribution in [0.4, 0.5) is 0 Å². The van der Waals surface area contributed by atoms with Crippen molar-refractivity contribution >= 4 is 5.91 Å². The molecule has 0 spiro atoms. The maximum Gasteiger partial charge on any atom is 0.226 e. The van der Waals surface area contributed by atoms with Crippen LogP contribution in [0.1, 0.15) is 39.5 Å². The summed E-state index contributed by atoms with van der Waals surface area (Å²) in [5.74, 6) is 0.166. The van der Waals surface area contributed by atoms with Gasteiger partial charge in [-0.25, -0.2) is 0 Å². The van der Waals surface area contributed by atoms with Gasteiger partial charge in [0.05, 0.1) is 12.2 Å². The van der Waals surface area contributed by atoms with Crippen molar-refractivity contribution in [3.8, 4) is 0 Å². The number of aliphatic hydroxyl groups is 2. The Kier molecular flexibility index (Phi) is 3.46. The molecule has 2 aliphatic rings. The van der Waals surface area contributed by atoms with Crippen molar-refractivity contribution in [1.29, 1.82) is 0 Å². The molecule has 1 aliphatic heterocycles. The molecular weight excluding hydrogens is 218 g/mol. The highest BCUT2D eigenvalue weighted by Gasteiger charge is 2.42. The third-order valence-electron chi connectivity index (χ3n) is 4.38. The van der Waals surface area contributed by atoms with Crippen molar-refractivity contribution in [3.63, 3.8) is 0 Å². The van der Waals surface area contributed by atoms with E-state index < -0.39 is 12.2 Å². The van der Waals surface area contributed by atoms with Crippen molar-refractivity contribution in [2.45, 2.75) is 51.7 Å². The van der Waals surface area contributed by atoms with Gasteiger partial charge in [0.25, 0.3) is 0 Å². The number of likely N-dealkylation sites (tertiary alicyclic amines) is 1. The average Bonchev–Trinajstić information content (AvgIpc) is 2.58. The van der Waals surface area contributed by atoms with Crippen molar-refractivity contribution in [2.24, 2.45) is 11.3 Å². The lowest BCUT2D eigenvalue weighted by atomic mass is 9.68. The summed E-state index contributed by atoms with van der Waals surface area (Å²) in [7, 11) is 0. The van der Waals surface area contributed by atoms with Gasteiger partial charge in [-0.1, -0.05) is 26.7 Å². The molecule has 1 unspecified atom stereocenters. The molecule has 1 heterocycles. The van der Waals surface area contributed by atoms with Crippen molar-refractivity contribution in [2.75, 3.05) is 13.1 Å². The highest BCUT2D eigenvalue weighted by molar-refractivity contribution is 5.80. The van der Waals surface area contributed by atoms with Gasteiger partial charge in [0.1, 0.15) is 0 Å². The minimum Gasteiger partial charge on any atom is -0.388 e. The smallest absolute Gasteiger partial charge is 0.226 e. The number of rotatable bonds is 1. The number of β-amino-alcohol motifs (C(OH)–C–C–N with tert-alkyl or cyclic N) is 2. The lowest BCUT2D eigenvalue weighted by Gasteiger charge is -2.39. The third kappa shape index (κ3) is 2.47. The van der Waals surface area contributed by atoms with E-state index in [0.717, 1.165) is 19.3 Å². The zero-order valence-electron chi connectivity index (χ0n) is 10.7. The molecular formula is C13H23NO3. The predicted molar refractivity (Wildman–Crippen MR) is 64.3 cm³/mol. The first kappa shape index (κ1) is 12.8. The third-order valence-corrected chi connectivity index (χ3v) is 4.38. The van der Waals surface area contributed by atoms with Gasteiger partial charge in [-0.2, -0.15) is 0 Å². The summed E-state index contributed by atoms with van der Waals surface area (Å²) in [4.78, 5) is 14.0. The lowest BCUT2D eigenvalue weighted by molar-refractivity contribution is -0.140. The average molecular weight is 241 g/mol. The van der Waals surface area contributed by atoms with E-state index in [4.69, 9.17) is 0 Å². The fraction of sp³-hybridized carbons (Fsp3) is 0.923. The maximum absolute atomic E-state index is 12.4. The number of amides is 1. The molecule has 1 saturated carbocycles. The van der Waals surface area contributed by atoms with E-state index in [0.29, 0.717) is 0 Å². The van der Waals surface area contributed by atoms with E-state index in [-0.39, 0.29) is 30.3 Å². The molecule has 2 rings (SSSR count). The van der Waals surface area contributed by atoms with Crippen LogP contribution in [0.25, 0.3) is 0 Å². The van der Waals surface area contributed by atoms with Crippen molar-refractivity contribution in [3.05, 3.63) is 0 Å². The van der Waals surface area contributed by atoms with Gasteiger partial charge in [-0.3, -0.25) is 4.79 Å². The van der Waals surface area contributed by atoms with E-state index in [1.165, 1.54) is 6.42 Å². The van der Waals surface area contributed by atoms with Crippen LogP contribution in [0.3, 0.4) is 0 Å². The maximum atomic E-state index is 12.4. The van der Waals surface area contributed by atoms with Crippen LogP contribution in [0.5, 0.6) is 0 Å². The summed E-state index contributed by atoms with van der Waals surface area (Å²) in [6, 6.07) is 0. The molecule has 3 atom stereocenters. The van der Waals surface area contributed by atoms with Crippen LogP contribution in [-0.4, -0.2) is 46.3 Å². The monoisotopic (exact) mass is 241 g/mol. The van der Waals surface area contributed by atoms with E-state index >= 15 is 0 Å². The molecule has 2 fully saturated rings. The lowest BCUT2D eigenvalue weighted by Crippen LogP contribution is -2.43. The summed E-state index contributed by atoms with van der Waals surface area (Å²) in [6.07, 6.45) is 2.79. The number of hydrogen-bond acceptors (Lipinski definition) is 3. The minimum atomic E-state index is -0.773. The van der Waals surface area contributed by atoms with Crippen molar-refractivity contribution in [1.82, 2.24) is 4.90 Å². The molecule has 0 aromatic heterocycles. The van der Waals surface area contributed by atoms with E-state index in [2.05, 4.69) is 13.8 Å². The van der Waals surface area contributed by atoms with Gasteiger partial charge in [0.15, 0.2) is 0 Å². The SMILES string of the molecule is CC1(C)CCCCC1C(=O)N1C[C@@H](O)[C@@H](O)C1. The standard InChI is InChI=1S/C13H23NO3/c1-13(2)6-4-3-5-9(13)12(17)14-7-10(15)11(16)8-14/h9-11,15-16H,3-8H2,1-2H3/t9?,10-,11+. The Labute approximate surface area is 103 Å². The first-order valence-electron chi connectivity index (χ1n) is 6.57. The molecule has 0 aromatic carbocycles. The summed E-state index contributed by atoms with van der Waals surface area (Å²) in [5, 5.41) is 19.0. The molecule has 1 amide bonds. The van der Waals surface area contributed by atoms with E-state index in [1.54, 1.807) is 4.90 Å². The number of carbonyl (C=O) groups is 1. The fourth-order valence-corrected chi connectivity index (χ4v) is 3.12. The van der Waals surface area contributed by atoms with Gasteiger partial charge >= 0.3 is 0 Å². The largest absolute Gasteiger partial charge is 0.388 e. The topological polar surface area (TPSA) is 60.8 Å². The van der Waals surface area contributed by atoms with Crippen LogP contribution < -0.4 is 0 Å². The van der Waals surface area contributed by atoms with E-state index in [9.17, 15) is 15.0 Å². The fourth-order valence-electron chi connectivity index (χ4n) is 3.12. The molecule has 17 heavy (non-hydrogen) atoms. The van der Waals surface area contributed by atoms with E-state index in [1.807, 2.05) is 0 Å². The van der Waals surface area contributed by atoms with Crippen LogP contribution >= 0.6 is 0 Å². The number of hydrogen-bond donors (Lipinski definition) is 2. The second-order valence-corrected chi connectivity index (χ2v) is 6.16. The number of nitrogens with zero attached hydrogens (tertiary/aromatic N) is 1. The van der Waals surface area contributed by atoms with Gasteiger partial charge in [0.2, 0.25) is 5.91 Å². The minimum absolute atomic E-state index is 0.0494. The number of aliphatic hydroxyl groups excluding tert-OH is 2. The molecule has 1 aliphatic carbocycles. The Morgan fingerprint density at radius 1 is 1.18 bits per heavy atom. The van der Waals surface area contributed by atoms with Crippen LogP contribution in [0, 0.1) is 11.3 Å². The Balaban J connectivity index is 2.04. The van der Waals surface area contributed by atoms with Crippen molar-refractivity contribution < 1.29 is 15.0 Å². The van der Waals surface area contributed by atoms with Gasteiger partial charge in [-0.15, -0.1) is 0 Å². The first-order chi connectivity index (χ1) is 7.92. The zero-order valence-corrected chi connectivity index (χ0v) is 10.7. The first-order valence-corrected chi connectivity index (χ1v) is 6.57. The normalized spacial score (nSPS) is 37.2. The molecule has 0 bridgehead atoms. The van der Waals surface area contributed by atoms with Crippen LogP contribution in [0.2, 0.25) is 0 Å². The van der Waals surface area contributed by atoms with Gasteiger partial charge in [0, 0.05) is 19.0 Å². The summed E-state index contributed by atoms with van der Waals surface area (Å²) >= 11 is 0. The Bertz CT molecular complexity index is 293. The summed E-state index contributed by atoms with van der Waals surface area (Å²) in [6.45, 7) is 4.87. The molecule has 1 saturated heterocycles. The second-order valence-electron chi connectivity index (χ2n) is 6.16. The van der Waals surface area contributed by atoms with Gasteiger partial charge in [-0.05, 0) is 18.3 Å². The zero-order chi connectivity index (χ0) is 12.6. The Hall–Kier alpha value is -0.610. The summed E-state index contributed by atoms with van der Waals surface area (Å²) < 4.78 is 0. The second kappa shape index (κ2) is 4.58. The highest BCUT2D eigenvalue weighted by Crippen LogP contribution is 2.41. The molecule has 0 aromatic rings. The number of carbonyl (C=O) groups excluding carboxylic acids is 1. The Morgan fingerprint density at radius 2 is 1.76 bits per heavy atom. The molecule has 4 nitrogen and oxygen atoms in total. The van der Waals surface area contributed by atoms with Crippen LogP contribution in [-0.2, 0) is 4.79 Å². The Morgan fingerprint density at radius 3 is 2.29 bits per heavy atom.